The second-order valence-corrected chi connectivity index (χ2v) is 8.42. The Labute approximate surface area is 190 Å². The van der Waals surface area contributed by atoms with Crippen molar-refractivity contribution in [3.05, 3.63) is 83.9 Å². The predicted molar refractivity (Wildman–Crippen MR) is 125 cm³/mol. The zero-order chi connectivity index (χ0) is 22.5. The highest BCUT2D eigenvalue weighted by molar-refractivity contribution is 8.00. The highest BCUT2D eigenvalue weighted by Gasteiger charge is 2.19. The van der Waals surface area contributed by atoms with Crippen LogP contribution < -0.4 is 10.6 Å². The monoisotopic (exact) mass is 446 g/mol. The fourth-order valence-corrected chi connectivity index (χ4v) is 4.17. The minimum Gasteiger partial charge on any atom is -0.452 e. The first-order chi connectivity index (χ1) is 15.5. The Hall–Kier alpha value is -3.58. The number of benzene rings is 3. The van der Waals surface area contributed by atoms with Gasteiger partial charge in [-0.3, -0.25) is 9.59 Å². The average Bonchev–Trinajstić information content (AvgIpc) is 2.82. The van der Waals surface area contributed by atoms with Crippen LogP contribution in [0.25, 0.3) is 11.1 Å². The van der Waals surface area contributed by atoms with E-state index in [0.717, 1.165) is 21.6 Å². The highest BCUT2D eigenvalue weighted by Crippen LogP contribution is 2.32. The minimum absolute atomic E-state index is 0.113. The Kier molecular flexibility index (Phi) is 6.56. The van der Waals surface area contributed by atoms with Crippen molar-refractivity contribution in [3.8, 4) is 11.1 Å². The van der Waals surface area contributed by atoms with E-state index in [9.17, 15) is 14.4 Å². The fraction of sp³-hybridized carbons (Fsp3) is 0.160. The first kappa shape index (κ1) is 21.6. The Balaban J connectivity index is 1.30. The quantitative estimate of drug-likeness (QED) is 0.547. The summed E-state index contributed by atoms with van der Waals surface area (Å²) in [5, 5.41) is 5.57. The van der Waals surface area contributed by atoms with Gasteiger partial charge >= 0.3 is 5.97 Å². The Bertz CT molecular complexity index is 1150. The molecule has 0 fully saturated rings. The molecule has 0 radical (unpaired) electrons. The molecule has 32 heavy (non-hydrogen) atoms. The largest absolute Gasteiger partial charge is 0.452 e. The summed E-state index contributed by atoms with van der Waals surface area (Å²) in [5.74, 6) is -0.768. The SMILES string of the molecule is CC(NC(=O)COC(=O)c1ccc2c(c1)NC(=O)CS2)c1ccc(-c2ccccc2)cc1. The average molecular weight is 447 g/mol. The van der Waals surface area contributed by atoms with E-state index in [-0.39, 0.29) is 30.0 Å². The van der Waals surface area contributed by atoms with Crippen molar-refractivity contribution >= 4 is 35.2 Å². The lowest BCUT2D eigenvalue weighted by Crippen LogP contribution is -2.31. The molecule has 3 aromatic carbocycles. The van der Waals surface area contributed by atoms with Crippen molar-refractivity contribution in [3.63, 3.8) is 0 Å². The molecular formula is C25H22N2O4S. The molecule has 1 aliphatic rings. The molecule has 0 saturated carbocycles. The van der Waals surface area contributed by atoms with Crippen molar-refractivity contribution in [2.75, 3.05) is 17.7 Å². The van der Waals surface area contributed by atoms with Crippen LogP contribution in [0, 0.1) is 0 Å². The molecule has 2 amide bonds. The van der Waals surface area contributed by atoms with Gasteiger partial charge in [-0.05, 0) is 41.8 Å². The van der Waals surface area contributed by atoms with Crippen molar-refractivity contribution in [1.82, 2.24) is 5.32 Å². The number of anilines is 1. The second kappa shape index (κ2) is 9.70. The molecule has 6 nitrogen and oxygen atoms in total. The Morgan fingerprint density at radius 3 is 2.50 bits per heavy atom. The van der Waals surface area contributed by atoms with Gasteiger partial charge in [-0.1, -0.05) is 54.6 Å². The zero-order valence-corrected chi connectivity index (χ0v) is 18.3. The van der Waals surface area contributed by atoms with Gasteiger partial charge in [0.05, 0.1) is 23.0 Å². The number of amides is 2. The summed E-state index contributed by atoms with van der Waals surface area (Å²) in [6.07, 6.45) is 0. The van der Waals surface area contributed by atoms with Gasteiger partial charge in [0, 0.05) is 4.90 Å². The van der Waals surface area contributed by atoms with E-state index in [1.54, 1.807) is 18.2 Å². The van der Waals surface area contributed by atoms with Crippen LogP contribution in [-0.2, 0) is 14.3 Å². The van der Waals surface area contributed by atoms with Gasteiger partial charge in [0.15, 0.2) is 6.61 Å². The van der Waals surface area contributed by atoms with Crippen LogP contribution in [0.2, 0.25) is 0 Å². The standard InChI is InChI=1S/C25H22N2O4S/c1-16(17-7-9-19(10-8-17)18-5-3-2-4-6-18)26-23(28)14-31-25(30)20-11-12-22-21(13-20)27-24(29)15-32-22/h2-13,16H,14-15H2,1H3,(H,26,28)(H,27,29). The van der Waals surface area contributed by atoms with Gasteiger partial charge in [-0.2, -0.15) is 0 Å². The number of carbonyl (C=O) groups excluding carboxylic acids is 3. The molecule has 0 aliphatic carbocycles. The van der Waals surface area contributed by atoms with E-state index in [0.29, 0.717) is 11.4 Å². The summed E-state index contributed by atoms with van der Waals surface area (Å²) >= 11 is 1.41. The van der Waals surface area contributed by atoms with Crippen LogP contribution in [-0.4, -0.2) is 30.1 Å². The molecular weight excluding hydrogens is 424 g/mol. The van der Waals surface area contributed by atoms with Crippen molar-refractivity contribution < 1.29 is 19.1 Å². The molecule has 1 heterocycles. The third-order valence-corrected chi connectivity index (χ3v) is 6.15. The zero-order valence-electron chi connectivity index (χ0n) is 17.5. The number of fused-ring (bicyclic) bond motifs is 1. The van der Waals surface area contributed by atoms with E-state index in [2.05, 4.69) is 10.6 Å². The number of thioether (sulfide) groups is 1. The lowest BCUT2D eigenvalue weighted by atomic mass is 10.0. The van der Waals surface area contributed by atoms with Gasteiger partial charge < -0.3 is 15.4 Å². The highest BCUT2D eigenvalue weighted by atomic mass is 32.2. The van der Waals surface area contributed by atoms with E-state index >= 15 is 0 Å². The van der Waals surface area contributed by atoms with Gasteiger partial charge in [-0.15, -0.1) is 11.8 Å². The van der Waals surface area contributed by atoms with E-state index in [1.807, 2.05) is 61.5 Å². The maximum Gasteiger partial charge on any atom is 0.338 e. The number of hydrogen-bond acceptors (Lipinski definition) is 5. The maximum atomic E-state index is 12.3. The van der Waals surface area contributed by atoms with Crippen LogP contribution in [0.1, 0.15) is 28.9 Å². The molecule has 1 aliphatic heterocycles. The number of carbonyl (C=O) groups is 3. The Morgan fingerprint density at radius 2 is 1.75 bits per heavy atom. The molecule has 7 heteroatoms. The molecule has 0 bridgehead atoms. The summed E-state index contributed by atoms with van der Waals surface area (Å²) in [6, 6.07) is 22.7. The van der Waals surface area contributed by atoms with Crippen molar-refractivity contribution in [1.29, 1.82) is 0 Å². The van der Waals surface area contributed by atoms with Gasteiger partial charge in [0.25, 0.3) is 5.91 Å². The third kappa shape index (κ3) is 5.18. The summed E-state index contributed by atoms with van der Waals surface area (Å²) in [6.45, 7) is 1.49. The molecule has 3 aromatic rings. The normalized spacial score (nSPS) is 13.5. The van der Waals surface area contributed by atoms with E-state index in [4.69, 9.17) is 4.74 Å². The number of esters is 1. The second-order valence-electron chi connectivity index (χ2n) is 7.40. The molecule has 0 aromatic heterocycles. The molecule has 4 rings (SSSR count). The lowest BCUT2D eigenvalue weighted by Gasteiger charge is -2.17. The summed E-state index contributed by atoms with van der Waals surface area (Å²) in [7, 11) is 0. The Morgan fingerprint density at radius 1 is 1.03 bits per heavy atom. The van der Waals surface area contributed by atoms with Crippen LogP contribution >= 0.6 is 11.8 Å². The third-order valence-electron chi connectivity index (χ3n) is 5.08. The van der Waals surface area contributed by atoms with Gasteiger partial charge in [0.2, 0.25) is 5.91 Å². The molecule has 0 saturated heterocycles. The van der Waals surface area contributed by atoms with Crippen molar-refractivity contribution in [2.45, 2.75) is 17.9 Å². The topological polar surface area (TPSA) is 84.5 Å². The van der Waals surface area contributed by atoms with Gasteiger partial charge in [0.1, 0.15) is 0 Å². The predicted octanol–water partition coefficient (Wildman–Crippen LogP) is 4.43. The summed E-state index contributed by atoms with van der Waals surface area (Å²) < 4.78 is 5.15. The number of ether oxygens (including phenoxy) is 1. The molecule has 0 spiro atoms. The molecule has 1 unspecified atom stereocenters. The summed E-state index contributed by atoms with van der Waals surface area (Å²) in [5.41, 5.74) is 4.04. The number of hydrogen-bond donors (Lipinski definition) is 2. The fourth-order valence-electron chi connectivity index (χ4n) is 3.39. The molecule has 1 atom stereocenters. The first-order valence-electron chi connectivity index (χ1n) is 10.2. The number of rotatable bonds is 6. The van der Waals surface area contributed by atoms with Crippen LogP contribution in [0.15, 0.2) is 77.7 Å². The van der Waals surface area contributed by atoms with Crippen LogP contribution in [0.5, 0.6) is 0 Å². The number of nitrogens with one attached hydrogen (secondary N) is 2. The lowest BCUT2D eigenvalue weighted by molar-refractivity contribution is -0.124. The summed E-state index contributed by atoms with van der Waals surface area (Å²) in [4.78, 5) is 37.0. The molecule has 2 N–H and O–H groups in total. The van der Waals surface area contributed by atoms with Crippen LogP contribution in [0.3, 0.4) is 0 Å². The smallest absolute Gasteiger partial charge is 0.338 e. The maximum absolute atomic E-state index is 12.3. The minimum atomic E-state index is -0.618. The van der Waals surface area contributed by atoms with Crippen molar-refractivity contribution in [2.24, 2.45) is 0 Å². The van der Waals surface area contributed by atoms with E-state index in [1.165, 1.54) is 11.8 Å². The molecule has 162 valence electrons. The first-order valence-corrected chi connectivity index (χ1v) is 11.2. The van der Waals surface area contributed by atoms with Crippen LogP contribution in [0.4, 0.5) is 5.69 Å². The van der Waals surface area contributed by atoms with E-state index < -0.39 is 5.97 Å². The van der Waals surface area contributed by atoms with Gasteiger partial charge in [-0.25, -0.2) is 4.79 Å².